The molecule has 0 atom stereocenters. The first-order chi connectivity index (χ1) is 11.2. The van der Waals surface area contributed by atoms with Crippen molar-refractivity contribution in [1.29, 1.82) is 0 Å². The van der Waals surface area contributed by atoms with Gasteiger partial charge in [0.25, 0.3) is 5.91 Å². The average Bonchev–Trinajstić information content (AvgIpc) is 2.54. The number of likely N-dealkylation sites (tertiary alicyclic amines) is 1. The first-order valence-electron chi connectivity index (χ1n) is 8.07. The van der Waals surface area contributed by atoms with Gasteiger partial charge in [-0.05, 0) is 30.7 Å². The highest BCUT2D eigenvalue weighted by Gasteiger charge is 2.54. The summed E-state index contributed by atoms with van der Waals surface area (Å²) in [6.07, 6.45) is -4.63. The Hall–Kier alpha value is -1.76. The molecule has 24 heavy (non-hydrogen) atoms. The van der Waals surface area contributed by atoms with Crippen LogP contribution < -0.4 is 4.90 Å². The second kappa shape index (κ2) is 7.01. The zero-order chi connectivity index (χ0) is 18.0. The molecule has 1 N–H and O–H groups in total. The molecule has 0 spiro atoms. The van der Waals surface area contributed by atoms with E-state index in [4.69, 9.17) is 0 Å². The van der Waals surface area contributed by atoms with Crippen LogP contribution in [0.1, 0.15) is 36.5 Å². The minimum Gasteiger partial charge on any atom is -0.380 e. The summed E-state index contributed by atoms with van der Waals surface area (Å²) in [5, 5.41) is 9.66. The molecule has 134 valence electrons. The van der Waals surface area contributed by atoms with Crippen LogP contribution in [0.5, 0.6) is 0 Å². The fourth-order valence-electron chi connectivity index (χ4n) is 2.87. The third-order valence-corrected chi connectivity index (χ3v) is 4.52. The molecular formula is C17H23F3N2O2. The maximum Gasteiger partial charge on any atom is 0.417 e. The molecule has 1 aromatic rings. The van der Waals surface area contributed by atoms with Gasteiger partial charge in [0.2, 0.25) is 0 Å². The zero-order valence-electron chi connectivity index (χ0n) is 13.9. The number of carbonyl (C=O) groups excluding carboxylic acids is 1. The van der Waals surface area contributed by atoms with E-state index in [2.05, 4.69) is 11.8 Å². The quantitative estimate of drug-likeness (QED) is 0.913. The number of carbonyl (C=O) groups is 1. The summed E-state index contributed by atoms with van der Waals surface area (Å²) < 4.78 is 38.4. The van der Waals surface area contributed by atoms with E-state index in [0.717, 1.165) is 18.7 Å². The molecule has 1 fully saturated rings. The molecule has 0 radical (unpaired) electrons. The van der Waals surface area contributed by atoms with E-state index in [0.29, 0.717) is 5.56 Å². The third kappa shape index (κ3) is 3.83. The number of nitrogens with zero attached hydrogens (tertiary/aromatic N) is 2. The van der Waals surface area contributed by atoms with E-state index >= 15 is 0 Å². The van der Waals surface area contributed by atoms with Crippen molar-refractivity contribution in [2.45, 2.75) is 38.0 Å². The number of rotatable bonds is 4. The minimum atomic E-state index is -4.66. The van der Waals surface area contributed by atoms with Crippen LogP contribution in [0.25, 0.3) is 0 Å². The monoisotopic (exact) mass is 344 g/mol. The van der Waals surface area contributed by atoms with Crippen LogP contribution in [-0.2, 0) is 0 Å². The molecule has 1 amide bonds. The van der Waals surface area contributed by atoms with Crippen molar-refractivity contribution in [3.05, 3.63) is 29.8 Å². The zero-order valence-corrected chi connectivity index (χ0v) is 13.9. The molecule has 2 rings (SSSR count). The van der Waals surface area contributed by atoms with Gasteiger partial charge in [0.15, 0.2) is 5.60 Å². The summed E-state index contributed by atoms with van der Waals surface area (Å²) in [5.74, 6) is -0.302. The molecule has 0 aromatic heterocycles. The van der Waals surface area contributed by atoms with E-state index in [1.165, 1.54) is 4.90 Å². The van der Waals surface area contributed by atoms with Gasteiger partial charge >= 0.3 is 6.18 Å². The Bertz CT molecular complexity index is 564. The van der Waals surface area contributed by atoms with Crippen molar-refractivity contribution in [1.82, 2.24) is 4.90 Å². The number of hydrogen-bond donors (Lipinski definition) is 1. The van der Waals surface area contributed by atoms with Gasteiger partial charge in [0, 0.05) is 50.8 Å². The van der Waals surface area contributed by atoms with E-state index in [1.807, 2.05) is 19.2 Å². The van der Waals surface area contributed by atoms with Crippen LogP contribution in [0.2, 0.25) is 0 Å². The lowest BCUT2D eigenvalue weighted by molar-refractivity contribution is -0.271. The normalized spacial score (nSPS) is 17.7. The summed E-state index contributed by atoms with van der Waals surface area (Å²) in [6.45, 7) is 2.76. The van der Waals surface area contributed by atoms with Crippen LogP contribution in [0, 0.1) is 0 Å². The van der Waals surface area contributed by atoms with Crippen molar-refractivity contribution in [3.8, 4) is 0 Å². The molecule has 7 heteroatoms. The Kier molecular flexibility index (Phi) is 5.42. The Balaban J connectivity index is 2.01. The van der Waals surface area contributed by atoms with Gasteiger partial charge in [0.05, 0.1) is 0 Å². The predicted octanol–water partition coefficient (Wildman–Crippen LogP) is 3.06. The number of piperidine rings is 1. The van der Waals surface area contributed by atoms with E-state index in [-0.39, 0.29) is 19.0 Å². The van der Waals surface area contributed by atoms with Gasteiger partial charge in [-0.2, -0.15) is 13.2 Å². The molecule has 1 aliphatic rings. The van der Waals surface area contributed by atoms with E-state index in [9.17, 15) is 23.1 Å². The molecule has 1 aliphatic heterocycles. The molecule has 1 aromatic carbocycles. The summed E-state index contributed by atoms with van der Waals surface area (Å²) >= 11 is 0. The van der Waals surface area contributed by atoms with Crippen molar-refractivity contribution in [2.75, 3.05) is 31.6 Å². The second-order valence-electron chi connectivity index (χ2n) is 6.29. The van der Waals surface area contributed by atoms with Crippen LogP contribution in [0.4, 0.5) is 18.9 Å². The first kappa shape index (κ1) is 18.6. The van der Waals surface area contributed by atoms with Crippen molar-refractivity contribution in [3.63, 3.8) is 0 Å². The Morgan fingerprint density at radius 3 is 2.25 bits per heavy atom. The molecule has 0 unspecified atom stereocenters. The second-order valence-corrected chi connectivity index (χ2v) is 6.29. The smallest absolute Gasteiger partial charge is 0.380 e. The third-order valence-electron chi connectivity index (χ3n) is 4.52. The van der Waals surface area contributed by atoms with Crippen LogP contribution in [-0.4, -0.2) is 54.4 Å². The lowest BCUT2D eigenvalue weighted by atomic mass is 9.90. The molecular weight excluding hydrogens is 321 g/mol. The number of halogens is 3. The van der Waals surface area contributed by atoms with Crippen LogP contribution >= 0.6 is 0 Å². The molecule has 0 aliphatic carbocycles. The molecule has 4 nitrogen and oxygen atoms in total. The number of anilines is 1. The van der Waals surface area contributed by atoms with Gasteiger partial charge in [-0.25, -0.2) is 0 Å². The molecule has 1 saturated heterocycles. The SMILES string of the molecule is CCCN(C)c1ccc(C(=O)N2CCC(O)(C(F)(F)F)CC2)cc1. The number of amides is 1. The summed E-state index contributed by atoms with van der Waals surface area (Å²) in [4.78, 5) is 15.9. The Morgan fingerprint density at radius 1 is 1.25 bits per heavy atom. The Morgan fingerprint density at radius 2 is 1.79 bits per heavy atom. The summed E-state index contributed by atoms with van der Waals surface area (Å²) in [6, 6.07) is 7.04. The highest BCUT2D eigenvalue weighted by Crippen LogP contribution is 2.38. The van der Waals surface area contributed by atoms with E-state index in [1.54, 1.807) is 12.1 Å². The maximum atomic E-state index is 12.8. The largest absolute Gasteiger partial charge is 0.417 e. The lowest BCUT2D eigenvalue weighted by Gasteiger charge is -2.39. The van der Waals surface area contributed by atoms with Gasteiger partial charge in [-0.3, -0.25) is 4.79 Å². The van der Waals surface area contributed by atoms with Gasteiger partial charge < -0.3 is 14.9 Å². The fraction of sp³-hybridized carbons (Fsp3) is 0.588. The summed E-state index contributed by atoms with van der Waals surface area (Å²) in [7, 11) is 1.96. The number of benzene rings is 1. The standard InChI is InChI=1S/C17H23F3N2O2/c1-3-10-21(2)14-6-4-13(5-7-14)15(23)22-11-8-16(24,9-12-22)17(18,19)20/h4-7,24H,3,8-12H2,1-2H3. The van der Waals surface area contributed by atoms with E-state index < -0.39 is 24.6 Å². The van der Waals surface area contributed by atoms with Crippen molar-refractivity contribution in [2.24, 2.45) is 0 Å². The number of aliphatic hydroxyl groups is 1. The van der Waals surface area contributed by atoms with Crippen molar-refractivity contribution >= 4 is 11.6 Å². The van der Waals surface area contributed by atoms with Crippen LogP contribution in [0.15, 0.2) is 24.3 Å². The van der Waals surface area contributed by atoms with Gasteiger partial charge in [-0.1, -0.05) is 6.92 Å². The number of hydrogen-bond acceptors (Lipinski definition) is 3. The minimum absolute atomic E-state index is 0.105. The maximum absolute atomic E-state index is 12.8. The topological polar surface area (TPSA) is 43.8 Å². The first-order valence-corrected chi connectivity index (χ1v) is 8.07. The van der Waals surface area contributed by atoms with Gasteiger partial charge in [0.1, 0.15) is 0 Å². The molecule has 0 saturated carbocycles. The molecule has 0 bridgehead atoms. The highest BCUT2D eigenvalue weighted by molar-refractivity contribution is 5.94. The average molecular weight is 344 g/mol. The lowest BCUT2D eigenvalue weighted by Crippen LogP contribution is -2.54. The van der Waals surface area contributed by atoms with Crippen LogP contribution in [0.3, 0.4) is 0 Å². The Labute approximate surface area is 139 Å². The highest BCUT2D eigenvalue weighted by atomic mass is 19.4. The van der Waals surface area contributed by atoms with Gasteiger partial charge in [-0.15, -0.1) is 0 Å². The fourth-order valence-corrected chi connectivity index (χ4v) is 2.87. The predicted molar refractivity (Wildman–Crippen MR) is 86.1 cm³/mol. The summed E-state index contributed by atoms with van der Waals surface area (Å²) in [5.41, 5.74) is -1.25. The number of alkyl halides is 3. The van der Waals surface area contributed by atoms with Crippen molar-refractivity contribution < 1.29 is 23.1 Å². The molecule has 1 heterocycles.